The Morgan fingerprint density at radius 2 is 2.05 bits per heavy atom. The molecule has 5 heteroatoms. The number of benzene rings is 1. The molecule has 19 heavy (non-hydrogen) atoms. The van der Waals surface area contributed by atoms with Crippen molar-refractivity contribution in [2.45, 2.75) is 24.6 Å². The lowest BCUT2D eigenvalue weighted by atomic mass is 10.0. The Kier molecular flexibility index (Phi) is 7.36. The van der Waals surface area contributed by atoms with Gasteiger partial charge in [-0.25, -0.2) is 4.79 Å². The molecule has 0 saturated heterocycles. The minimum absolute atomic E-state index is 0.0427. The van der Waals surface area contributed by atoms with Crippen molar-refractivity contribution in [1.29, 1.82) is 0 Å². The maximum Gasteiger partial charge on any atom is 0.315 e. The van der Waals surface area contributed by atoms with Gasteiger partial charge < -0.3 is 15.7 Å². The molecule has 1 aromatic carbocycles. The van der Waals surface area contributed by atoms with Crippen LogP contribution in [0.2, 0.25) is 0 Å². The summed E-state index contributed by atoms with van der Waals surface area (Å²) in [5.41, 5.74) is 1.00. The predicted octanol–water partition coefficient (Wildman–Crippen LogP) is 2.16. The molecule has 0 aliphatic carbocycles. The van der Waals surface area contributed by atoms with E-state index in [4.69, 9.17) is 5.11 Å². The van der Waals surface area contributed by atoms with E-state index in [1.54, 1.807) is 11.8 Å². The summed E-state index contributed by atoms with van der Waals surface area (Å²) >= 11 is 1.71. The number of carbonyl (C=O) groups is 1. The van der Waals surface area contributed by atoms with Crippen LogP contribution in [-0.2, 0) is 0 Å². The van der Waals surface area contributed by atoms with Crippen LogP contribution in [0.3, 0.4) is 0 Å². The maximum absolute atomic E-state index is 11.8. The second-order valence-electron chi connectivity index (χ2n) is 4.38. The molecule has 2 amide bonds. The SMILES string of the molecule is CSC(C)CNC(=O)N[C@H](CCO)c1ccccc1. The van der Waals surface area contributed by atoms with Crippen LogP contribution in [0, 0.1) is 0 Å². The molecule has 1 unspecified atom stereocenters. The molecule has 0 spiro atoms. The van der Waals surface area contributed by atoms with Gasteiger partial charge in [0.15, 0.2) is 0 Å². The largest absolute Gasteiger partial charge is 0.396 e. The monoisotopic (exact) mass is 282 g/mol. The molecule has 0 heterocycles. The first kappa shape index (κ1) is 15.9. The zero-order valence-electron chi connectivity index (χ0n) is 11.4. The lowest BCUT2D eigenvalue weighted by Crippen LogP contribution is -2.40. The molecule has 0 aromatic heterocycles. The van der Waals surface area contributed by atoms with E-state index in [1.165, 1.54) is 0 Å². The van der Waals surface area contributed by atoms with Crippen molar-refractivity contribution in [2.75, 3.05) is 19.4 Å². The Morgan fingerprint density at radius 1 is 1.37 bits per heavy atom. The molecule has 4 nitrogen and oxygen atoms in total. The summed E-state index contributed by atoms with van der Waals surface area (Å²) in [6.45, 7) is 2.74. The van der Waals surface area contributed by atoms with Crippen molar-refractivity contribution in [2.24, 2.45) is 0 Å². The van der Waals surface area contributed by atoms with Crippen LogP contribution in [0.1, 0.15) is 24.9 Å². The highest BCUT2D eigenvalue weighted by Gasteiger charge is 2.13. The number of hydrogen-bond donors (Lipinski definition) is 3. The molecule has 0 radical (unpaired) electrons. The normalized spacial score (nSPS) is 13.6. The molecular weight excluding hydrogens is 260 g/mol. The summed E-state index contributed by atoms with van der Waals surface area (Å²) in [6.07, 6.45) is 2.53. The third-order valence-corrected chi connectivity index (χ3v) is 3.85. The molecule has 0 aliphatic heterocycles. The average Bonchev–Trinajstić information content (AvgIpc) is 2.45. The molecule has 2 atom stereocenters. The lowest BCUT2D eigenvalue weighted by molar-refractivity contribution is 0.229. The van der Waals surface area contributed by atoms with Crippen LogP contribution in [0.4, 0.5) is 4.79 Å². The van der Waals surface area contributed by atoms with E-state index in [0.29, 0.717) is 18.2 Å². The van der Waals surface area contributed by atoms with E-state index in [2.05, 4.69) is 17.6 Å². The van der Waals surface area contributed by atoms with E-state index < -0.39 is 0 Å². The number of nitrogens with one attached hydrogen (secondary N) is 2. The predicted molar refractivity (Wildman–Crippen MR) is 80.4 cm³/mol. The van der Waals surface area contributed by atoms with Crippen LogP contribution in [0.15, 0.2) is 30.3 Å². The zero-order valence-corrected chi connectivity index (χ0v) is 12.2. The summed E-state index contributed by atoms with van der Waals surface area (Å²) < 4.78 is 0. The number of thioether (sulfide) groups is 1. The third kappa shape index (κ3) is 5.98. The second-order valence-corrected chi connectivity index (χ2v) is 5.65. The zero-order chi connectivity index (χ0) is 14.1. The van der Waals surface area contributed by atoms with E-state index >= 15 is 0 Å². The highest BCUT2D eigenvalue weighted by molar-refractivity contribution is 7.99. The molecule has 1 rings (SSSR count). The highest BCUT2D eigenvalue weighted by atomic mass is 32.2. The van der Waals surface area contributed by atoms with Gasteiger partial charge in [-0.15, -0.1) is 0 Å². The Bertz CT molecular complexity index is 373. The third-order valence-electron chi connectivity index (χ3n) is 2.88. The van der Waals surface area contributed by atoms with Crippen LogP contribution in [-0.4, -0.2) is 35.8 Å². The average molecular weight is 282 g/mol. The fourth-order valence-corrected chi connectivity index (χ4v) is 1.92. The number of amides is 2. The summed E-state index contributed by atoms with van der Waals surface area (Å²) in [5.74, 6) is 0. The summed E-state index contributed by atoms with van der Waals surface area (Å²) in [7, 11) is 0. The maximum atomic E-state index is 11.8. The first-order valence-corrected chi connectivity index (χ1v) is 7.69. The topological polar surface area (TPSA) is 61.4 Å². The van der Waals surface area contributed by atoms with Crippen molar-refractivity contribution < 1.29 is 9.90 Å². The van der Waals surface area contributed by atoms with Crippen LogP contribution in [0.5, 0.6) is 0 Å². The number of carbonyl (C=O) groups excluding carboxylic acids is 1. The number of hydrogen-bond acceptors (Lipinski definition) is 3. The molecule has 3 N–H and O–H groups in total. The van der Waals surface area contributed by atoms with Crippen molar-refractivity contribution >= 4 is 17.8 Å². The van der Waals surface area contributed by atoms with Gasteiger partial charge in [-0.05, 0) is 18.2 Å². The number of aliphatic hydroxyl groups excluding tert-OH is 1. The fraction of sp³-hybridized carbons (Fsp3) is 0.500. The molecule has 106 valence electrons. The van der Waals surface area contributed by atoms with Gasteiger partial charge in [-0.3, -0.25) is 0 Å². The summed E-state index contributed by atoms with van der Waals surface area (Å²) in [6, 6.07) is 9.33. The number of urea groups is 1. The van der Waals surface area contributed by atoms with Gasteiger partial charge in [0.05, 0.1) is 6.04 Å². The fourth-order valence-electron chi connectivity index (χ4n) is 1.67. The minimum atomic E-state index is -0.191. The van der Waals surface area contributed by atoms with Crippen LogP contribution >= 0.6 is 11.8 Å². The van der Waals surface area contributed by atoms with Crippen molar-refractivity contribution in [3.8, 4) is 0 Å². The van der Waals surface area contributed by atoms with Crippen molar-refractivity contribution in [1.82, 2.24) is 10.6 Å². The summed E-state index contributed by atoms with van der Waals surface area (Å²) in [5, 5.41) is 15.2. The number of aliphatic hydroxyl groups is 1. The van der Waals surface area contributed by atoms with E-state index in [9.17, 15) is 4.79 Å². The molecule has 0 bridgehead atoms. The Labute approximate surface area is 119 Å². The Hall–Kier alpha value is -1.20. The Balaban J connectivity index is 2.52. The van der Waals surface area contributed by atoms with Crippen molar-refractivity contribution in [3.63, 3.8) is 0 Å². The quantitative estimate of drug-likeness (QED) is 0.718. The van der Waals surface area contributed by atoms with Gasteiger partial charge in [-0.2, -0.15) is 11.8 Å². The van der Waals surface area contributed by atoms with Gasteiger partial charge in [0.25, 0.3) is 0 Å². The van der Waals surface area contributed by atoms with Gasteiger partial charge >= 0.3 is 6.03 Å². The smallest absolute Gasteiger partial charge is 0.315 e. The highest BCUT2D eigenvalue weighted by Crippen LogP contribution is 2.15. The van der Waals surface area contributed by atoms with E-state index in [0.717, 1.165) is 5.56 Å². The van der Waals surface area contributed by atoms with Crippen LogP contribution < -0.4 is 10.6 Å². The molecule has 0 fully saturated rings. The first-order valence-electron chi connectivity index (χ1n) is 6.40. The van der Waals surface area contributed by atoms with Gasteiger partial charge in [0.2, 0.25) is 0 Å². The van der Waals surface area contributed by atoms with E-state index in [-0.39, 0.29) is 18.7 Å². The molecule has 1 aromatic rings. The summed E-state index contributed by atoms with van der Waals surface area (Å²) in [4.78, 5) is 11.8. The van der Waals surface area contributed by atoms with Gasteiger partial charge in [0, 0.05) is 18.4 Å². The number of rotatable bonds is 7. The van der Waals surface area contributed by atoms with Gasteiger partial charge in [0.1, 0.15) is 0 Å². The molecule has 0 aliphatic rings. The first-order chi connectivity index (χ1) is 9.17. The minimum Gasteiger partial charge on any atom is -0.396 e. The van der Waals surface area contributed by atoms with Crippen molar-refractivity contribution in [3.05, 3.63) is 35.9 Å². The Morgan fingerprint density at radius 3 is 2.63 bits per heavy atom. The standard InChI is InChI=1S/C14H22N2O2S/c1-11(19-2)10-15-14(18)16-13(8-9-17)12-6-4-3-5-7-12/h3-7,11,13,17H,8-10H2,1-2H3,(H2,15,16,18)/t11?,13-/m1/s1. The molecular formula is C14H22N2O2S. The molecule has 0 saturated carbocycles. The van der Waals surface area contributed by atoms with E-state index in [1.807, 2.05) is 36.6 Å². The second kappa shape index (κ2) is 8.82. The van der Waals surface area contributed by atoms with Gasteiger partial charge in [-0.1, -0.05) is 37.3 Å². The lowest BCUT2D eigenvalue weighted by Gasteiger charge is -2.19. The van der Waals surface area contributed by atoms with Crippen LogP contribution in [0.25, 0.3) is 0 Å².